The molecule has 1 aromatic rings. The van der Waals surface area contributed by atoms with E-state index in [2.05, 4.69) is 4.98 Å². The number of hydrogen-bond acceptors (Lipinski definition) is 5. The van der Waals surface area contributed by atoms with E-state index in [1.165, 1.54) is 36.2 Å². The molecule has 1 saturated heterocycles. The molecule has 0 amide bonds. The van der Waals surface area contributed by atoms with Gasteiger partial charge in [0.2, 0.25) is 10.0 Å². The lowest BCUT2D eigenvalue weighted by Gasteiger charge is -2.25. The summed E-state index contributed by atoms with van der Waals surface area (Å²) in [5, 5.41) is 1.56. The van der Waals surface area contributed by atoms with E-state index in [0.717, 1.165) is 5.03 Å². The van der Waals surface area contributed by atoms with Gasteiger partial charge in [0, 0.05) is 24.5 Å². The van der Waals surface area contributed by atoms with Crippen LogP contribution in [0.5, 0.6) is 0 Å². The summed E-state index contributed by atoms with van der Waals surface area (Å²) in [6.45, 7) is 1.76. The molecule has 0 radical (unpaired) electrons. The Kier molecular flexibility index (Phi) is 4.83. The third-order valence-electron chi connectivity index (χ3n) is 3.91. The maximum atomic E-state index is 12.5. The van der Waals surface area contributed by atoms with Gasteiger partial charge in [0.1, 0.15) is 4.90 Å². The molecule has 2 aliphatic rings. The molecule has 0 aromatic carbocycles. The highest BCUT2D eigenvalue weighted by molar-refractivity contribution is 7.99. The zero-order valence-corrected chi connectivity index (χ0v) is 13.5. The van der Waals surface area contributed by atoms with Gasteiger partial charge in [-0.05, 0) is 25.0 Å². The molecule has 1 saturated carbocycles. The predicted molar refractivity (Wildman–Crippen MR) is 81.9 cm³/mol. The summed E-state index contributed by atoms with van der Waals surface area (Å²) in [6.07, 6.45) is 6.55. The number of thioether (sulfide) groups is 1. The van der Waals surface area contributed by atoms with Crippen LogP contribution >= 0.6 is 11.8 Å². The van der Waals surface area contributed by atoms with E-state index in [9.17, 15) is 8.42 Å². The lowest BCUT2D eigenvalue weighted by molar-refractivity contribution is 0.0730. The van der Waals surface area contributed by atoms with E-state index in [1.807, 2.05) is 6.07 Å². The summed E-state index contributed by atoms with van der Waals surface area (Å²) in [5.74, 6) is 0. The summed E-state index contributed by atoms with van der Waals surface area (Å²) in [7, 11) is -3.42. The molecule has 0 N–H and O–H groups in total. The number of hydrogen-bond donors (Lipinski definition) is 0. The Morgan fingerprint density at radius 3 is 2.52 bits per heavy atom. The highest BCUT2D eigenvalue weighted by Crippen LogP contribution is 2.33. The third kappa shape index (κ3) is 3.59. The minimum absolute atomic E-state index is 0.278. The fourth-order valence-corrected chi connectivity index (χ4v) is 5.23. The second kappa shape index (κ2) is 6.64. The van der Waals surface area contributed by atoms with Gasteiger partial charge >= 0.3 is 0 Å². The van der Waals surface area contributed by atoms with Crippen LogP contribution in [0.4, 0.5) is 0 Å². The van der Waals surface area contributed by atoms with Crippen molar-refractivity contribution in [2.24, 2.45) is 0 Å². The van der Waals surface area contributed by atoms with Crippen molar-refractivity contribution in [2.45, 2.75) is 40.9 Å². The number of nitrogens with zero attached hydrogens (tertiary/aromatic N) is 2. The molecule has 1 aromatic heterocycles. The molecule has 0 atom stereocenters. The maximum absolute atomic E-state index is 12.5. The van der Waals surface area contributed by atoms with Crippen molar-refractivity contribution >= 4 is 21.8 Å². The van der Waals surface area contributed by atoms with E-state index in [4.69, 9.17) is 4.74 Å². The standard InChI is InChI=1S/C14H20N2O3S2/c17-21(18,16-7-9-19-10-8-16)13-5-6-14(15-11-13)20-12-3-1-2-4-12/h5-6,11-12H,1-4,7-10H2. The molecule has 1 aliphatic heterocycles. The number of aromatic nitrogens is 1. The minimum Gasteiger partial charge on any atom is -0.379 e. The smallest absolute Gasteiger partial charge is 0.244 e. The molecule has 116 valence electrons. The van der Waals surface area contributed by atoms with Gasteiger partial charge in [0.25, 0.3) is 0 Å². The second-order valence-electron chi connectivity index (χ2n) is 5.37. The third-order valence-corrected chi connectivity index (χ3v) is 7.08. The van der Waals surface area contributed by atoms with Gasteiger partial charge in [0.15, 0.2) is 0 Å². The number of rotatable bonds is 4. The molecule has 2 heterocycles. The highest BCUT2D eigenvalue weighted by Gasteiger charge is 2.26. The van der Waals surface area contributed by atoms with Crippen LogP contribution in [-0.4, -0.2) is 49.3 Å². The van der Waals surface area contributed by atoms with E-state index < -0.39 is 10.0 Å². The molecule has 21 heavy (non-hydrogen) atoms. The van der Waals surface area contributed by atoms with E-state index in [1.54, 1.807) is 17.8 Å². The summed E-state index contributed by atoms with van der Waals surface area (Å²) < 4.78 is 31.6. The molecule has 5 nitrogen and oxygen atoms in total. The quantitative estimate of drug-likeness (QED) is 0.847. The Balaban J connectivity index is 1.70. The topological polar surface area (TPSA) is 59.5 Å². The largest absolute Gasteiger partial charge is 0.379 e. The lowest BCUT2D eigenvalue weighted by atomic mass is 10.4. The molecular weight excluding hydrogens is 308 g/mol. The molecule has 0 spiro atoms. The van der Waals surface area contributed by atoms with Crippen molar-refractivity contribution in [3.8, 4) is 0 Å². The van der Waals surface area contributed by atoms with Gasteiger partial charge in [-0.2, -0.15) is 4.31 Å². The SMILES string of the molecule is O=S(=O)(c1ccc(SC2CCCC2)nc1)N1CCOCC1. The molecular formula is C14H20N2O3S2. The van der Waals surface area contributed by atoms with E-state index >= 15 is 0 Å². The number of ether oxygens (including phenoxy) is 1. The molecule has 0 bridgehead atoms. The van der Waals surface area contributed by atoms with Gasteiger partial charge in [-0.1, -0.05) is 12.8 Å². The second-order valence-corrected chi connectivity index (χ2v) is 8.63. The fraction of sp³-hybridized carbons (Fsp3) is 0.643. The number of sulfonamides is 1. The van der Waals surface area contributed by atoms with Gasteiger partial charge in [-0.3, -0.25) is 0 Å². The Labute approximate surface area is 130 Å². The van der Waals surface area contributed by atoms with Crippen LogP contribution in [0.15, 0.2) is 28.3 Å². The van der Waals surface area contributed by atoms with Crippen LogP contribution < -0.4 is 0 Å². The van der Waals surface area contributed by atoms with Crippen LogP contribution in [0, 0.1) is 0 Å². The van der Waals surface area contributed by atoms with Crippen molar-refractivity contribution < 1.29 is 13.2 Å². The average Bonchev–Trinajstić information content (AvgIpc) is 3.02. The Hall–Kier alpha value is -0.630. The van der Waals surface area contributed by atoms with Crippen molar-refractivity contribution in [2.75, 3.05) is 26.3 Å². The fourth-order valence-electron chi connectivity index (χ4n) is 2.70. The monoisotopic (exact) mass is 328 g/mol. The Morgan fingerprint density at radius 2 is 1.90 bits per heavy atom. The lowest BCUT2D eigenvalue weighted by Crippen LogP contribution is -2.40. The van der Waals surface area contributed by atoms with Crippen LogP contribution in [0.2, 0.25) is 0 Å². The van der Waals surface area contributed by atoms with Crippen LogP contribution in [0.25, 0.3) is 0 Å². The summed E-state index contributed by atoms with van der Waals surface area (Å²) >= 11 is 1.77. The van der Waals surface area contributed by atoms with Crippen LogP contribution in [-0.2, 0) is 14.8 Å². The maximum Gasteiger partial charge on any atom is 0.244 e. The van der Waals surface area contributed by atoms with Crippen molar-refractivity contribution in [1.29, 1.82) is 0 Å². The van der Waals surface area contributed by atoms with Crippen molar-refractivity contribution in [1.82, 2.24) is 9.29 Å². The van der Waals surface area contributed by atoms with Crippen LogP contribution in [0.1, 0.15) is 25.7 Å². The Morgan fingerprint density at radius 1 is 1.19 bits per heavy atom. The van der Waals surface area contributed by atoms with Crippen LogP contribution in [0.3, 0.4) is 0 Å². The molecule has 3 rings (SSSR count). The van der Waals surface area contributed by atoms with E-state index in [0.29, 0.717) is 31.6 Å². The summed E-state index contributed by atoms with van der Waals surface area (Å²) in [6, 6.07) is 3.51. The first-order valence-corrected chi connectivity index (χ1v) is 9.69. The molecule has 0 unspecified atom stereocenters. The zero-order valence-electron chi connectivity index (χ0n) is 11.9. The molecule has 1 aliphatic carbocycles. The van der Waals surface area contributed by atoms with Gasteiger partial charge in [0.05, 0.1) is 18.2 Å². The first-order chi connectivity index (χ1) is 10.2. The number of morpholine rings is 1. The molecule has 2 fully saturated rings. The van der Waals surface area contributed by atoms with Crippen molar-refractivity contribution in [3.05, 3.63) is 18.3 Å². The average molecular weight is 328 g/mol. The predicted octanol–water partition coefficient (Wildman–Crippen LogP) is 2.14. The summed E-state index contributed by atoms with van der Waals surface area (Å²) in [4.78, 5) is 4.61. The van der Waals surface area contributed by atoms with Crippen molar-refractivity contribution in [3.63, 3.8) is 0 Å². The van der Waals surface area contributed by atoms with Gasteiger partial charge < -0.3 is 4.74 Å². The van der Waals surface area contributed by atoms with Gasteiger partial charge in [-0.15, -0.1) is 11.8 Å². The molecule has 7 heteroatoms. The normalized spacial score (nSPS) is 21.7. The Bertz CT molecular complexity index is 562. The highest BCUT2D eigenvalue weighted by atomic mass is 32.2. The number of pyridine rings is 1. The van der Waals surface area contributed by atoms with Gasteiger partial charge in [-0.25, -0.2) is 13.4 Å². The minimum atomic E-state index is -3.42. The first kappa shape index (κ1) is 15.3. The zero-order chi connectivity index (χ0) is 14.7. The summed E-state index contributed by atoms with van der Waals surface area (Å²) in [5.41, 5.74) is 0. The van der Waals surface area contributed by atoms with E-state index in [-0.39, 0.29) is 4.90 Å². The first-order valence-electron chi connectivity index (χ1n) is 7.37.